The molecule has 1 heterocycles. The van der Waals surface area contributed by atoms with Gasteiger partial charge >= 0.3 is 5.97 Å². The van der Waals surface area contributed by atoms with Gasteiger partial charge in [0.25, 0.3) is 5.91 Å². The topological polar surface area (TPSA) is 123 Å². The van der Waals surface area contributed by atoms with Crippen molar-refractivity contribution in [3.8, 4) is 22.4 Å². The smallest absolute Gasteiger partial charge is 0.303 e. The first-order valence-corrected chi connectivity index (χ1v) is 10.3. The molecular weight excluding hydrogens is 430 g/mol. The number of aryl methyl sites for hydroxylation is 2. The van der Waals surface area contributed by atoms with E-state index in [0.717, 1.165) is 22.3 Å². The minimum Gasteiger partial charge on any atom is -0.481 e. The second kappa shape index (κ2) is 9.70. The number of aromatic nitrogens is 2. The summed E-state index contributed by atoms with van der Waals surface area (Å²) >= 11 is 6.45. The minimum atomic E-state index is -0.993. The van der Waals surface area contributed by atoms with Gasteiger partial charge in [-0.1, -0.05) is 48.0 Å². The molecule has 8 heteroatoms. The Labute approximate surface area is 190 Å². The van der Waals surface area contributed by atoms with Gasteiger partial charge in [0, 0.05) is 29.0 Å². The summed E-state index contributed by atoms with van der Waals surface area (Å²) in [6.07, 6.45) is -0.0441. The lowest BCUT2D eigenvalue weighted by molar-refractivity contribution is -0.138. The number of hydrogen-bond donors (Lipinski definition) is 2. The fourth-order valence-corrected chi connectivity index (χ4v) is 3.72. The van der Waals surface area contributed by atoms with Crippen molar-refractivity contribution in [1.29, 1.82) is 0 Å². The van der Waals surface area contributed by atoms with Crippen LogP contribution in [0.3, 0.4) is 0 Å². The van der Waals surface area contributed by atoms with E-state index < -0.39 is 11.9 Å². The van der Waals surface area contributed by atoms with Gasteiger partial charge in [0.15, 0.2) is 0 Å². The Morgan fingerprint density at radius 1 is 0.938 bits per heavy atom. The number of halogens is 1. The molecule has 7 nitrogen and oxygen atoms in total. The van der Waals surface area contributed by atoms with E-state index in [1.54, 1.807) is 13.0 Å². The maximum Gasteiger partial charge on any atom is 0.303 e. The predicted octanol–water partition coefficient (Wildman–Crippen LogP) is 4.16. The number of nitrogens with two attached hydrogens (primary N) is 1. The Bertz CT molecular complexity index is 1210. The highest BCUT2D eigenvalue weighted by Crippen LogP contribution is 2.31. The number of carboxylic acids is 1. The zero-order valence-corrected chi connectivity index (χ0v) is 18.4. The third-order valence-electron chi connectivity index (χ3n) is 5.00. The highest BCUT2D eigenvalue weighted by Gasteiger charge is 2.15. The van der Waals surface area contributed by atoms with Crippen LogP contribution in [0.25, 0.3) is 22.4 Å². The zero-order chi connectivity index (χ0) is 23.4. The third-order valence-corrected chi connectivity index (χ3v) is 5.31. The molecule has 3 rings (SSSR count). The molecule has 0 fully saturated rings. The molecule has 1 amide bonds. The van der Waals surface area contributed by atoms with Gasteiger partial charge in [-0.2, -0.15) is 0 Å². The van der Waals surface area contributed by atoms with E-state index in [9.17, 15) is 14.4 Å². The number of aliphatic carboxylic acids is 1. The van der Waals surface area contributed by atoms with Crippen LogP contribution in [0.15, 0.2) is 42.5 Å². The highest BCUT2D eigenvalue weighted by atomic mass is 35.5. The van der Waals surface area contributed by atoms with E-state index in [1.165, 1.54) is 0 Å². The van der Waals surface area contributed by atoms with E-state index in [-0.39, 0.29) is 30.7 Å². The molecule has 164 valence electrons. The molecule has 0 radical (unpaired) electrons. The molecule has 0 unspecified atom stereocenters. The van der Waals surface area contributed by atoms with Crippen molar-refractivity contribution in [2.24, 2.45) is 5.73 Å². The van der Waals surface area contributed by atoms with Gasteiger partial charge < -0.3 is 10.8 Å². The van der Waals surface area contributed by atoms with Crippen LogP contribution >= 0.6 is 11.6 Å². The van der Waals surface area contributed by atoms with E-state index in [4.69, 9.17) is 22.4 Å². The summed E-state index contributed by atoms with van der Waals surface area (Å²) in [5.74, 6) is -1.76. The molecule has 0 spiro atoms. The Balaban J connectivity index is 1.82. The number of rotatable bonds is 8. The lowest BCUT2D eigenvalue weighted by atomic mass is 9.99. The summed E-state index contributed by atoms with van der Waals surface area (Å²) in [5, 5.41) is 9.18. The fourth-order valence-electron chi connectivity index (χ4n) is 3.41. The summed E-state index contributed by atoms with van der Waals surface area (Å²) in [5.41, 5.74) is 10.5. The summed E-state index contributed by atoms with van der Waals surface area (Å²) < 4.78 is 0. The Hall–Kier alpha value is -3.58. The Kier molecular flexibility index (Phi) is 7.00. The maximum absolute atomic E-state index is 11.9. The molecule has 0 aliphatic carbocycles. The monoisotopic (exact) mass is 451 g/mol. The maximum atomic E-state index is 11.9. The quantitative estimate of drug-likeness (QED) is 0.530. The first kappa shape index (κ1) is 23.1. The van der Waals surface area contributed by atoms with E-state index in [1.807, 2.05) is 43.3 Å². The highest BCUT2D eigenvalue weighted by molar-refractivity contribution is 6.33. The van der Waals surface area contributed by atoms with Crippen molar-refractivity contribution in [3.63, 3.8) is 0 Å². The molecule has 0 saturated heterocycles. The van der Waals surface area contributed by atoms with Crippen molar-refractivity contribution in [2.75, 3.05) is 0 Å². The summed E-state index contributed by atoms with van der Waals surface area (Å²) in [4.78, 5) is 42.9. The number of nitrogens with zero attached hydrogens (tertiary/aromatic N) is 2. The summed E-state index contributed by atoms with van der Waals surface area (Å²) in [6, 6.07) is 12.9. The largest absolute Gasteiger partial charge is 0.481 e. The number of benzene rings is 2. The van der Waals surface area contributed by atoms with Crippen LogP contribution in [-0.2, 0) is 16.0 Å². The SMILES string of the molecule is Cc1nc(C)c(-c2ccc(-c3ccc(CC(=O)CCC(=O)O)cc3Cl)cc2)nc1C(N)=O. The standard InChI is InChI=1S/C24H22ClN3O4/c1-13-22(28-23(24(26)32)14(2)27-13)17-6-4-16(5-7-17)19-9-3-15(12-20(19)25)11-18(29)8-10-21(30)31/h3-7,9,12H,8,10-11H2,1-2H3,(H2,26,32)(H,30,31). The van der Waals surface area contributed by atoms with Crippen LogP contribution in [0.2, 0.25) is 5.02 Å². The van der Waals surface area contributed by atoms with Gasteiger partial charge in [0.2, 0.25) is 0 Å². The number of carboxylic acid groups (broad SMARTS) is 1. The number of ketones is 1. The van der Waals surface area contributed by atoms with Gasteiger partial charge in [0.05, 0.1) is 23.5 Å². The van der Waals surface area contributed by atoms with Crippen LogP contribution in [0.5, 0.6) is 0 Å². The molecule has 32 heavy (non-hydrogen) atoms. The molecule has 0 aliphatic heterocycles. The number of carbonyl (C=O) groups is 3. The molecule has 3 aromatic rings. The van der Waals surface area contributed by atoms with Crippen molar-refractivity contribution in [2.45, 2.75) is 33.1 Å². The average Bonchev–Trinajstić information content (AvgIpc) is 2.72. The normalized spacial score (nSPS) is 10.7. The second-order valence-corrected chi connectivity index (χ2v) is 7.86. The molecule has 0 bridgehead atoms. The number of hydrogen-bond acceptors (Lipinski definition) is 5. The predicted molar refractivity (Wildman–Crippen MR) is 121 cm³/mol. The lowest BCUT2D eigenvalue weighted by Gasteiger charge is -2.11. The van der Waals surface area contributed by atoms with Gasteiger partial charge in [-0.25, -0.2) is 4.98 Å². The number of primary amides is 1. The second-order valence-electron chi connectivity index (χ2n) is 7.46. The van der Waals surface area contributed by atoms with E-state index in [0.29, 0.717) is 22.1 Å². The molecule has 1 aromatic heterocycles. The Morgan fingerprint density at radius 3 is 2.19 bits per heavy atom. The first-order chi connectivity index (χ1) is 15.2. The lowest BCUT2D eigenvalue weighted by Crippen LogP contribution is -2.17. The summed E-state index contributed by atoms with van der Waals surface area (Å²) in [6.45, 7) is 3.51. The van der Waals surface area contributed by atoms with Crippen molar-refractivity contribution in [1.82, 2.24) is 9.97 Å². The van der Waals surface area contributed by atoms with Crippen molar-refractivity contribution < 1.29 is 19.5 Å². The zero-order valence-electron chi connectivity index (χ0n) is 17.7. The van der Waals surface area contributed by atoms with E-state index in [2.05, 4.69) is 9.97 Å². The number of carbonyl (C=O) groups excluding carboxylic acids is 2. The molecule has 0 aliphatic rings. The average molecular weight is 452 g/mol. The van der Waals surface area contributed by atoms with Crippen LogP contribution in [-0.4, -0.2) is 32.7 Å². The fraction of sp³-hybridized carbons (Fsp3) is 0.208. The van der Waals surface area contributed by atoms with Gasteiger partial charge in [0.1, 0.15) is 11.5 Å². The molecular formula is C24H22ClN3O4. The number of amides is 1. The Morgan fingerprint density at radius 2 is 1.59 bits per heavy atom. The van der Waals surface area contributed by atoms with Gasteiger partial charge in [-0.15, -0.1) is 0 Å². The van der Waals surface area contributed by atoms with Crippen LogP contribution in [0, 0.1) is 13.8 Å². The van der Waals surface area contributed by atoms with Gasteiger partial charge in [-0.05, 0) is 31.0 Å². The van der Waals surface area contributed by atoms with Gasteiger partial charge in [-0.3, -0.25) is 19.4 Å². The van der Waals surface area contributed by atoms with E-state index >= 15 is 0 Å². The first-order valence-electron chi connectivity index (χ1n) is 9.93. The van der Waals surface area contributed by atoms with Crippen LogP contribution in [0.1, 0.15) is 40.3 Å². The molecule has 2 aromatic carbocycles. The minimum absolute atomic E-state index is 0.00501. The molecule has 3 N–H and O–H groups in total. The van der Waals surface area contributed by atoms with Crippen molar-refractivity contribution >= 4 is 29.3 Å². The summed E-state index contributed by atoms with van der Waals surface area (Å²) in [7, 11) is 0. The van der Waals surface area contributed by atoms with Crippen LogP contribution < -0.4 is 5.73 Å². The van der Waals surface area contributed by atoms with Crippen molar-refractivity contribution in [3.05, 3.63) is 70.1 Å². The number of Topliss-reactive ketones (excluding diaryl/α,β-unsaturated/α-hetero) is 1. The third kappa shape index (κ3) is 5.36. The van der Waals surface area contributed by atoms with Crippen LogP contribution in [0.4, 0.5) is 0 Å². The molecule has 0 saturated carbocycles. The molecule has 0 atom stereocenters.